The van der Waals surface area contributed by atoms with E-state index >= 15 is 0 Å². The second kappa shape index (κ2) is 6.43. The van der Waals surface area contributed by atoms with E-state index in [1.54, 1.807) is 0 Å². The van der Waals surface area contributed by atoms with Gasteiger partial charge < -0.3 is 4.89 Å². The maximum atomic E-state index is 8.70. The Morgan fingerprint density at radius 3 is 1.50 bits per heavy atom. The molecule has 0 heterocycles. The number of carbonyl (C=O) groups excluding carboxylic acids is 1. The molecular weight excluding hydrogens is 108 g/mol. The molecular formula is C5H10O3. The van der Waals surface area contributed by atoms with Crippen molar-refractivity contribution in [1.82, 2.24) is 0 Å². The van der Waals surface area contributed by atoms with Gasteiger partial charge in [0.25, 0.3) is 0 Å². The molecule has 1 fully saturated rings. The van der Waals surface area contributed by atoms with Crippen molar-refractivity contribution in [3.05, 3.63) is 0 Å². The molecule has 0 amide bonds. The molecule has 1 saturated carbocycles. The Morgan fingerprint density at radius 1 is 1.25 bits per heavy atom. The summed E-state index contributed by atoms with van der Waals surface area (Å²) >= 11 is 0. The molecule has 1 rings (SSSR count). The predicted octanol–water partition coefficient (Wildman–Crippen LogP) is 1.19. The Kier molecular flexibility index (Phi) is 5.97. The number of carbonyl (C=O) groups is 1. The van der Waals surface area contributed by atoms with Crippen LogP contribution >= 0.6 is 0 Å². The predicted molar refractivity (Wildman–Crippen MR) is 28.2 cm³/mol. The van der Waals surface area contributed by atoms with Crippen LogP contribution in [0.3, 0.4) is 0 Å². The van der Waals surface area contributed by atoms with E-state index in [2.05, 4.69) is 4.89 Å². The Hall–Kier alpha value is -0.570. The standard InChI is InChI=1S/C4H8.CH2O3/c1-2-4-3-1;2-1-4-3/h1-4H2;1,3H. The molecule has 3 heteroatoms. The van der Waals surface area contributed by atoms with Gasteiger partial charge in [-0.1, -0.05) is 25.7 Å². The van der Waals surface area contributed by atoms with Crippen molar-refractivity contribution >= 4 is 6.47 Å². The summed E-state index contributed by atoms with van der Waals surface area (Å²) in [7, 11) is 0. The lowest BCUT2D eigenvalue weighted by Gasteiger charge is -2.05. The van der Waals surface area contributed by atoms with E-state index in [1.807, 2.05) is 0 Å². The third kappa shape index (κ3) is 5.43. The summed E-state index contributed by atoms with van der Waals surface area (Å²) in [4.78, 5) is 11.6. The van der Waals surface area contributed by atoms with Crippen LogP contribution in [0.5, 0.6) is 0 Å². The Morgan fingerprint density at radius 2 is 1.50 bits per heavy atom. The maximum absolute atomic E-state index is 8.70. The number of hydrogen-bond donors (Lipinski definition) is 1. The van der Waals surface area contributed by atoms with Crippen LogP contribution in [-0.4, -0.2) is 11.7 Å². The number of rotatable bonds is 1. The van der Waals surface area contributed by atoms with Gasteiger partial charge in [-0.15, -0.1) is 0 Å². The lowest BCUT2D eigenvalue weighted by molar-refractivity contribution is -0.217. The quantitative estimate of drug-likeness (QED) is 0.319. The van der Waals surface area contributed by atoms with E-state index in [4.69, 9.17) is 10.1 Å². The molecule has 8 heavy (non-hydrogen) atoms. The Labute approximate surface area is 48.2 Å². The molecule has 0 aliphatic heterocycles. The SMILES string of the molecule is C1CCC1.O=COO. The van der Waals surface area contributed by atoms with Crippen molar-refractivity contribution in [2.75, 3.05) is 0 Å². The fourth-order valence-corrected chi connectivity index (χ4v) is 0.250. The van der Waals surface area contributed by atoms with Crippen LogP contribution in [0.15, 0.2) is 0 Å². The molecule has 0 radical (unpaired) electrons. The highest BCUT2D eigenvalue weighted by Crippen LogP contribution is 2.15. The normalized spacial score (nSPS) is 14.6. The topological polar surface area (TPSA) is 46.5 Å². The average molecular weight is 118 g/mol. The molecule has 0 bridgehead atoms. The molecule has 0 unspecified atom stereocenters. The van der Waals surface area contributed by atoms with Gasteiger partial charge in [-0.2, -0.15) is 0 Å². The molecule has 0 aromatic rings. The van der Waals surface area contributed by atoms with Crippen LogP contribution in [0.1, 0.15) is 25.7 Å². The van der Waals surface area contributed by atoms with Crippen LogP contribution in [0.2, 0.25) is 0 Å². The molecule has 1 aliphatic rings. The molecule has 0 aromatic heterocycles. The second-order valence-corrected chi connectivity index (χ2v) is 1.62. The first-order chi connectivity index (χ1) is 3.91. The van der Waals surface area contributed by atoms with E-state index in [0.29, 0.717) is 0 Å². The summed E-state index contributed by atoms with van der Waals surface area (Å²) in [6.45, 7) is -0.0694. The van der Waals surface area contributed by atoms with Gasteiger partial charge >= 0.3 is 6.47 Å². The van der Waals surface area contributed by atoms with Gasteiger partial charge in [0.05, 0.1) is 0 Å². The minimum atomic E-state index is -0.0694. The van der Waals surface area contributed by atoms with Gasteiger partial charge in [-0.25, -0.2) is 5.26 Å². The Bertz CT molecular complexity index is 45.6. The zero-order valence-electron chi connectivity index (χ0n) is 4.67. The first-order valence-electron chi connectivity index (χ1n) is 2.65. The van der Waals surface area contributed by atoms with Gasteiger partial charge in [-0.05, 0) is 0 Å². The van der Waals surface area contributed by atoms with Gasteiger partial charge in [0.2, 0.25) is 0 Å². The van der Waals surface area contributed by atoms with E-state index in [1.165, 1.54) is 25.7 Å². The van der Waals surface area contributed by atoms with E-state index in [-0.39, 0.29) is 6.47 Å². The van der Waals surface area contributed by atoms with Crippen LogP contribution in [0.25, 0.3) is 0 Å². The van der Waals surface area contributed by atoms with Crippen LogP contribution in [0, 0.1) is 0 Å². The highest BCUT2D eigenvalue weighted by Gasteiger charge is 1.95. The van der Waals surface area contributed by atoms with Gasteiger partial charge in [0.1, 0.15) is 0 Å². The molecule has 0 spiro atoms. The second-order valence-electron chi connectivity index (χ2n) is 1.62. The molecule has 48 valence electrons. The summed E-state index contributed by atoms with van der Waals surface area (Å²) in [5, 5.41) is 7.01. The van der Waals surface area contributed by atoms with E-state index < -0.39 is 0 Å². The molecule has 1 aliphatic carbocycles. The highest BCUT2D eigenvalue weighted by molar-refractivity contribution is 5.35. The molecule has 0 atom stereocenters. The zero-order valence-corrected chi connectivity index (χ0v) is 4.67. The summed E-state index contributed by atoms with van der Waals surface area (Å²) in [6.07, 6.45) is 6.00. The van der Waals surface area contributed by atoms with Crippen molar-refractivity contribution in [2.45, 2.75) is 25.7 Å². The monoisotopic (exact) mass is 118 g/mol. The zero-order chi connectivity index (χ0) is 6.24. The summed E-state index contributed by atoms with van der Waals surface area (Å²) in [5.74, 6) is 0. The number of hydrogen-bond acceptors (Lipinski definition) is 3. The maximum Gasteiger partial charge on any atom is 0.330 e. The lowest BCUT2D eigenvalue weighted by atomic mass is 10.0. The van der Waals surface area contributed by atoms with Crippen molar-refractivity contribution in [3.8, 4) is 0 Å². The third-order valence-electron chi connectivity index (χ3n) is 1.04. The van der Waals surface area contributed by atoms with Gasteiger partial charge in [0, 0.05) is 0 Å². The van der Waals surface area contributed by atoms with Gasteiger partial charge in [0.15, 0.2) is 0 Å². The third-order valence-corrected chi connectivity index (χ3v) is 1.04. The first-order valence-corrected chi connectivity index (χ1v) is 2.65. The van der Waals surface area contributed by atoms with Crippen molar-refractivity contribution in [2.24, 2.45) is 0 Å². The van der Waals surface area contributed by atoms with Crippen LogP contribution in [-0.2, 0) is 9.68 Å². The molecule has 1 N–H and O–H groups in total. The molecule has 0 aromatic carbocycles. The fraction of sp³-hybridized carbons (Fsp3) is 0.800. The minimum absolute atomic E-state index is 0.0694. The fourth-order valence-electron chi connectivity index (χ4n) is 0.250. The summed E-state index contributed by atoms with van der Waals surface area (Å²) in [5.41, 5.74) is 0. The summed E-state index contributed by atoms with van der Waals surface area (Å²) in [6, 6.07) is 0. The minimum Gasteiger partial charge on any atom is -0.304 e. The smallest absolute Gasteiger partial charge is 0.304 e. The highest BCUT2D eigenvalue weighted by atomic mass is 17.1. The van der Waals surface area contributed by atoms with Crippen molar-refractivity contribution in [3.63, 3.8) is 0 Å². The lowest BCUT2D eigenvalue weighted by Crippen LogP contribution is -1.85. The van der Waals surface area contributed by atoms with E-state index in [9.17, 15) is 0 Å². The largest absolute Gasteiger partial charge is 0.330 e. The molecule has 3 nitrogen and oxygen atoms in total. The molecule has 0 saturated heterocycles. The van der Waals surface area contributed by atoms with Crippen molar-refractivity contribution in [1.29, 1.82) is 0 Å². The van der Waals surface area contributed by atoms with Crippen molar-refractivity contribution < 1.29 is 14.9 Å². The first kappa shape index (κ1) is 7.43. The van der Waals surface area contributed by atoms with Crippen LogP contribution < -0.4 is 0 Å². The van der Waals surface area contributed by atoms with Crippen LogP contribution in [0.4, 0.5) is 0 Å². The average Bonchev–Trinajstić information content (AvgIpc) is 1.61. The summed E-state index contributed by atoms with van der Waals surface area (Å²) < 4.78 is 0. The van der Waals surface area contributed by atoms with E-state index in [0.717, 1.165) is 0 Å². The Balaban J connectivity index is 0.000000122. The van der Waals surface area contributed by atoms with Gasteiger partial charge in [-0.3, -0.25) is 4.79 Å².